The summed E-state index contributed by atoms with van der Waals surface area (Å²) in [4.78, 5) is 21.7. The van der Waals surface area contributed by atoms with E-state index in [1.807, 2.05) is 0 Å². The highest BCUT2D eigenvalue weighted by molar-refractivity contribution is 7.53. The Bertz CT molecular complexity index is 371. The van der Waals surface area contributed by atoms with Crippen LogP contribution in [0.1, 0.15) is 25.7 Å². The second kappa shape index (κ2) is 11.6. The van der Waals surface area contributed by atoms with E-state index >= 15 is 0 Å². The first-order valence-electron chi connectivity index (χ1n) is 6.89. The molecule has 0 fully saturated rings. The van der Waals surface area contributed by atoms with Gasteiger partial charge in [0.05, 0.1) is 25.3 Å². The lowest BCUT2D eigenvalue weighted by atomic mass is 10.1. The zero-order valence-corrected chi connectivity index (χ0v) is 13.1. The van der Waals surface area contributed by atoms with Gasteiger partial charge in [0.2, 0.25) is 0 Å². The average molecular weight is 342 g/mol. The van der Waals surface area contributed by atoms with Gasteiger partial charge in [-0.15, -0.1) is 0 Å². The summed E-state index contributed by atoms with van der Waals surface area (Å²) < 4.78 is 22.7. The van der Waals surface area contributed by atoms with E-state index in [9.17, 15) is 14.2 Å². The summed E-state index contributed by atoms with van der Waals surface area (Å²) in [6.45, 7) is -0.508. The molecule has 0 aromatic carbocycles. The number of aliphatic hydroxyl groups excluding tert-OH is 2. The van der Waals surface area contributed by atoms with Gasteiger partial charge in [0.1, 0.15) is 0 Å². The molecule has 10 heteroatoms. The predicted molar refractivity (Wildman–Crippen MR) is 75.8 cm³/mol. The van der Waals surface area contributed by atoms with Crippen LogP contribution in [0.25, 0.3) is 0 Å². The third-order valence-corrected chi connectivity index (χ3v) is 4.72. The van der Waals surface area contributed by atoms with Crippen LogP contribution < -0.4 is 0 Å². The van der Waals surface area contributed by atoms with Crippen LogP contribution in [0, 0.1) is 5.92 Å². The zero-order chi connectivity index (χ0) is 17.0. The van der Waals surface area contributed by atoms with E-state index in [1.54, 1.807) is 0 Å². The fraction of sp³-hybridized carbons (Fsp3) is 0.833. The van der Waals surface area contributed by atoms with Crippen LogP contribution in [0.3, 0.4) is 0 Å². The number of carboxylic acid groups (broad SMARTS) is 2. The van der Waals surface area contributed by atoms with Gasteiger partial charge in [0.15, 0.2) is 0 Å². The zero-order valence-electron chi connectivity index (χ0n) is 12.2. The van der Waals surface area contributed by atoms with Crippen LogP contribution in [0.4, 0.5) is 0 Å². The van der Waals surface area contributed by atoms with Crippen molar-refractivity contribution in [1.82, 2.24) is 0 Å². The maximum Gasteiger partial charge on any atom is 0.331 e. The maximum atomic E-state index is 12.5. The fourth-order valence-electron chi connectivity index (χ4n) is 1.54. The van der Waals surface area contributed by atoms with Gasteiger partial charge in [-0.05, 0) is 19.3 Å². The summed E-state index contributed by atoms with van der Waals surface area (Å²) >= 11 is 0. The van der Waals surface area contributed by atoms with Crippen molar-refractivity contribution in [3.05, 3.63) is 0 Å². The first-order chi connectivity index (χ1) is 10.3. The van der Waals surface area contributed by atoms with Gasteiger partial charge in [-0.3, -0.25) is 14.2 Å². The van der Waals surface area contributed by atoms with Crippen molar-refractivity contribution in [3.63, 3.8) is 0 Å². The van der Waals surface area contributed by atoms with Crippen molar-refractivity contribution in [3.8, 4) is 0 Å². The Labute approximate surface area is 128 Å². The summed E-state index contributed by atoms with van der Waals surface area (Å²) in [6, 6.07) is 0. The maximum absolute atomic E-state index is 12.5. The number of aliphatic carboxylic acids is 2. The number of carboxylic acids is 2. The normalized spacial score (nSPS) is 13.0. The van der Waals surface area contributed by atoms with Crippen LogP contribution >= 0.6 is 7.60 Å². The molecule has 0 radical (unpaired) electrons. The topological polar surface area (TPSA) is 151 Å². The third-order valence-electron chi connectivity index (χ3n) is 2.68. The molecule has 0 saturated heterocycles. The van der Waals surface area contributed by atoms with E-state index in [0.29, 0.717) is 0 Å². The molecule has 0 spiro atoms. The Morgan fingerprint density at radius 3 is 1.86 bits per heavy atom. The molecule has 0 bridgehead atoms. The van der Waals surface area contributed by atoms with E-state index in [-0.39, 0.29) is 52.1 Å². The molecular weight excluding hydrogens is 319 g/mol. The summed E-state index contributed by atoms with van der Waals surface area (Å²) in [7, 11) is -3.74. The van der Waals surface area contributed by atoms with Crippen molar-refractivity contribution in [2.75, 3.05) is 32.6 Å². The minimum Gasteiger partial charge on any atom is -0.481 e. The summed E-state index contributed by atoms with van der Waals surface area (Å²) in [6.07, 6.45) is -0.599. The molecule has 0 aliphatic heterocycles. The van der Waals surface area contributed by atoms with Crippen molar-refractivity contribution in [1.29, 1.82) is 0 Å². The van der Waals surface area contributed by atoms with Gasteiger partial charge in [0, 0.05) is 19.6 Å². The molecule has 0 aliphatic rings. The van der Waals surface area contributed by atoms with Crippen LogP contribution in [-0.2, 0) is 23.2 Å². The van der Waals surface area contributed by atoms with Gasteiger partial charge in [0.25, 0.3) is 0 Å². The van der Waals surface area contributed by atoms with E-state index in [0.717, 1.165) is 0 Å². The van der Waals surface area contributed by atoms with E-state index in [2.05, 4.69) is 0 Å². The summed E-state index contributed by atoms with van der Waals surface area (Å²) in [5.74, 6) is -3.60. The summed E-state index contributed by atoms with van der Waals surface area (Å²) in [5.41, 5.74) is 0. The van der Waals surface area contributed by atoms with Gasteiger partial charge in [-0.2, -0.15) is 0 Å². The Hall–Kier alpha value is -0.990. The Balaban J connectivity index is 4.75. The standard InChI is InChI=1S/C12H23O9P/c13-5-1-7-20-22(19,21-8-2-6-14)9-10(12(17)18)3-4-11(15)16/h10,13-14H,1-9H2,(H,15,16)(H,17,18). The van der Waals surface area contributed by atoms with Crippen molar-refractivity contribution in [2.24, 2.45) is 5.92 Å². The molecule has 22 heavy (non-hydrogen) atoms. The van der Waals surface area contributed by atoms with Crippen molar-refractivity contribution in [2.45, 2.75) is 25.7 Å². The first kappa shape index (κ1) is 21.0. The predicted octanol–water partition coefficient (Wildman–Crippen LogP) is 0.543. The molecule has 1 atom stereocenters. The van der Waals surface area contributed by atoms with Crippen molar-refractivity contribution >= 4 is 19.5 Å². The van der Waals surface area contributed by atoms with E-state index in [1.165, 1.54) is 0 Å². The Morgan fingerprint density at radius 1 is 1.00 bits per heavy atom. The minimum absolute atomic E-state index is 0.0713. The van der Waals surface area contributed by atoms with Gasteiger partial charge >= 0.3 is 19.5 Å². The number of rotatable bonds is 14. The summed E-state index contributed by atoms with van der Waals surface area (Å²) in [5, 5.41) is 35.1. The average Bonchev–Trinajstić information content (AvgIpc) is 2.43. The Kier molecular flexibility index (Phi) is 11.0. The molecule has 0 heterocycles. The van der Waals surface area contributed by atoms with E-state index in [4.69, 9.17) is 29.5 Å². The smallest absolute Gasteiger partial charge is 0.331 e. The molecule has 0 aromatic heterocycles. The lowest BCUT2D eigenvalue weighted by Gasteiger charge is -2.21. The molecule has 4 N–H and O–H groups in total. The van der Waals surface area contributed by atoms with Crippen LogP contribution in [0.2, 0.25) is 0 Å². The monoisotopic (exact) mass is 342 g/mol. The number of carbonyl (C=O) groups is 2. The van der Waals surface area contributed by atoms with E-state index < -0.39 is 31.6 Å². The lowest BCUT2D eigenvalue weighted by Crippen LogP contribution is -2.21. The first-order valence-corrected chi connectivity index (χ1v) is 8.62. The molecule has 1 unspecified atom stereocenters. The van der Waals surface area contributed by atoms with Crippen molar-refractivity contribution < 1.29 is 43.6 Å². The number of hydrogen-bond acceptors (Lipinski definition) is 7. The molecule has 130 valence electrons. The lowest BCUT2D eigenvalue weighted by molar-refractivity contribution is -0.142. The van der Waals surface area contributed by atoms with Crippen LogP contribution in [-0.4, -0.2) is 65.0 Å². The third kappa shape index (κ3) is 9.86. The van der Waals surface area contributed by atoms with Crippen LogP contribution in [0.5, 0.6) is 0 Å². The second-order valence-electron chi connectivity index (χ2n) is 4.58. The Morgan fingerprint density at radius 2 is 1.50 bits per heavy atom. The number of aliphatic hydroxyl groups is 2. The van der Waals surface area contributed by atoms with Gasteiger partial charge in [-0.25, -0.2) is 0 Å². The van der Waals surface area contributed by atoms with Crippen LogP contribution in [0.15, 0.2) is 0 Å². The highest BCUT2D eigenvalue weighted by Crippen LogP contribution is 2.50. The molecule has 9 nitrogen and oxygen atoms in total. The minimum atomic E-state index is -3.74. The molecule has 0 aromatic rings. The highest BCUT2D eigenvalue weighted by Gasteiger charge is 2.33. The largest absolute Gasteiger partial charge is 0.481 e. The van der Waals surface area contributed by atoms with Gasteiger partial charge in [-0.1, -0.05) is 0 Å². The molecule has 0 amide bonds. The molecule has 0 aliphatic carbocycles. The fourth-order valence-corrected chi connectivity index (χ4v) is 3.52. The molecule has 0 rings (SSSR count). The molecule has 0 saturated carbocycles. The molecular formula is C12H23O9P. The van der Waals surface area contributed by atoms with Gasteiger partial charge < -0.3 is 29.5 Å². The highest BCUT2D eigenvalue weighted by atomic mass is 31.2. The SMILES string of the molecule is O=C(O)CCC(CP(=O)(OCCCO)OCCCO)C(=O)O. The quantitative estimate of drug-likeness (QED) is 0.262. The number of hydrogen-bond donors (Lipinski definition) is 4. The second-order valence-corrected chi connectivity index (χ2v) is 6.69.